The van der Waals surface area contributed by atoms with Crippen molar-refractivity contribution in [2.45, 2.75) is 6.42 Å². The van der Waals surface area contributed by atoms with Gasteiger partial charge < -0.3 is 4.74 Å². The lowest BCUT2D eigenvalue weighted by molar-refractivity contribution is -0.121. The first-order valence-electron chi connectivity index (χ1n) is 3.68. The molecule has 0 amide bonds. The Morgan fingerprint density at radius 3 is 3.08 bits per heavy atom. The van der Waals surface area contributed by atoms with E-state index < -0.39 is 0 Å². The molecular weight excluding hydrogens is 220 g/mol. The first-order chi connectivity index (χ1) is 5.75. The van der Waals surface area contributed by atoms with Gasteiger partial charge in [-0.1, -0.05) is 22.0 Å². The predicted molar refractivity (Wildman–Crippen MR) is 48.3 cm³/mol. The van der Waals surface area contributed by atoms with Gasteiger partial charge in [-0.25, -0.2) is 0 Å². The standard InChI is InChI=1S/C9H7BrO2/c10-7-2-1-6-3-8(11)5-12-9(6)4-7/h1-2,4H,3,5H2. The zero-order chi connectivity index (χ0) is 8.55. The van der Waals surface area contributed by atoms with Crippen LogP contribution in [0.25, 0.3) is 0 Å². The van der Waals surface area contributed by atoms with E-state index in [1.54, 1.807) is 0 Å². The van der Waals surface area contributed by atoms with E-state index in [4.69, 9.17) is 4.74 Å². The van der Waals surface area contributed by atoms with Crippen molar-refractivity contribution < 1.29 is 9.53 Å². The average Bonchev–Trinajstić information content (AvgIpc) is 2.05. The Morgan fingerprint density at radius 1 is 1.42 bits per heavy atom. The molecule has 12 heavy (non-hydrogen) atoms. The molecule has 0 unspecified atom stereocenters. The summed E-state index contributed by atoms with van der Waals surface area (Å²) in [6.45, 7) is 0.212. The minimum absolute atomic E-state index is 0.143. The maximum atomic E-state index is 11.0. The third-order valence-corrected chi connectivity index (χ3v) is 2.30. The summed E-state index contributed by atoms with van der Waals surface area (Å²) < 4.78 is 6.22. The summed E-state index contributed by atoms with van der Waals surface area (Å²) in [7, 11) is 0. The second-order valence-corrected chi connectivity index (χ2v) is 3.67. The van der Waals surface area contributed by atoms with E-state index >= 15 is 0 Å². The number of carbonyl (C=O) groups is 1. The number of Topliss-reactive ketones (excluding diaryl/α,β-unsaturated/α-hetero) is 1. The number of fused-ring (bicyclic) bond motifs is 1. The van der Waals surface area contributed by atoms with Crippen molar-refractivity contribution in [3.05, 3.63) is 28.2 Å². The summed E-state index contributed by atoms with van der Waals surface area (Å²) in [5, 5.41) is 0. The van der Waals surface area contributed by atoms with Gasteiger partial charge in [0.05, 0.1) is 0 Å². The summed E-state index contributed by atoms with van der Waals surface area (Å²) >= 11 is 3.34. The largest absolute Gasteiger partial charge is 0.485 e. The van der Waals surface area contributed by atoms with Gasteiger partial charge in [-0.2, -0.15) is 0 Å². The van der Waals surface area contributed by atoms with Crippen molar-refractivity contribution in [2.75, 3.05) is 6.61 Å². The van der Waals surface area contributed by atoms with Gasteiger partial charge in [-0.15, -0.1) is 0 Å². The maximum absolute atomic E-state index is 11.0. The van der Waals surface area contributed by atoms with Crippen LogP contribution in [0.4, 0.5) is 0 Å². The highest BCUT2D eigenvalue weighted by molar-refractivity contribution is 9.10. The Morgan fingerprint density at radius 2 is 2.25 bits per heavy atom. The van der Waals surface area contributed by atoms with Crippen LogP contribution in [0.3, 0.4) is 0 Å². The van der Waals surface area contributed by atoms with Crippen LogP contribution in [0.5, 0.6) is 5.75 Å². The number of carbonyl (C=O) groups excluding carboxylic acids is 1. The molecule has 62 valence electrons. The minimum Gasteiger partial charge on any atom is -0.485 e. The third-order valence-electron chi connectivity index (χ3n) is 1.81. The van der Waals surface area contributed by atoms with E-state index in [1.807, 2.05) is 18.2 Å². The first-order valence-corrected chi connectivity index (χ1v) is 4.48. The van der Waals surface area contributed by atoms with Crippen LogP contribution in [0.15, 0.2) is 22.7 Å². The van der Waals surface area contributed by atoms with Gasteiger partial charge in [0.25, 0.3) is 0 Å². The van der Waals surface area contributed by atoms with Crippen LogP contribution in [0, 0.1) is 0 Å². The third kappa shape index (κ3) is 1.37. The van der Waals surface area contributed by atoms with E-state index in [2.05, 4.69) is 15.9 Å². The lowest BCUT2D eigenvalue weighted by atomic mass is 10.1. The number of benzene rings is 1. The summed E-state index contributed by atoms with van der Waals surface area (Å²) in [6, 6.07) is 5.72. The molecule has 3 heteroatoms. The molecule has 0 saturated heterocycles. The summed E-state index contributed by atoms with van der Waals surface area (Å²) in [4.78, 5) is 11.0. The molecule has 0 radical (unpaired) electrons. The van der Waals surface area contributed by atoms with Crippen molar-refractivity contribution in [3.8, 4) is 5.75 Å². The lowest BCUT2D eigenvalue weighted by Crippen LogP contribution is -2.19. The molecule has 1 aliphatic heterocycles. The van der Waals surface area contributed by atoms with Crippen LogP contribution in [0.1, 0.15) is 5.56 Å². The highest BCUT2D eigenvalue weighted by Gasteiger charge is 2.15. The number of hydrogen-bond donors (Lipinski definition) is 0. The summed E-state index contributed by atoms with van der Waals surface area (Å²) in [6.07, 6.45) is 0.503. The summed E-state index contributed by atoms with van der Waals surface area (Å²) in [5.41, 5.74) is 0.981. The highest BCUT2D eigenvalue weighted by atomic mass is 79.9. The highest BCUT2D eigenvalue weighted by Crippen LogP contribution is 2.26. The van der Waals surface area contributed by atoms with Crippen LogP contribution < -0.4 is 4.74 Å². The number of rotatable bonds is 0. The fourth-order valence-corrected chi connectivity index (χ4v) is 1.57. The van der Waals surface area contributed by atoms with Crippen LogP contribution in [0.2, 0.25) is 0 Å². The van der Waals surface area contributed by atoms with Gasteiger partial charge in [-0.3, -0.25) is 4.79 Å². The van der Waals surface area contributed by atoms with Gasteiger partial charge in [0.15, 0.2) is 5.78 Å². The molecule has 0 spiro atoms. The molecule has 2 rings (SSSR count). The van der Waals surface area contributed by atoms with Crippen molar-refractivity contribution in [1.29, 1.82) is 0 Å². The van der Waals surface area contributed by atoms with Gasteiger partial charge in [0, 0.05) is 16.5 Å². The van der Waals surface area contributed by atoms with E-state index in [9.17, 15) is 4.79 Å². The van der Waals surface area contributed by atoms with Crippen molar-refractivity contribution in [2.24, 2.45) is 0 Å². The molecule has 0 atom stereocenters. The molecular formula is C9H7BrO2. The monoisotopic (exact) mass is 226 g/mol. The zero-order valence-electron chi connectivity index (χ0n) is 6.34. The maximum Gasteiger partial charge on any atom is 0.174 e. The van der Waals surface area contributed by atoms with Gasteiger partial charge in [-0.05, 0) is 12.1 Å². The molecule has 0 aliphatic carbocycles. The molecule has 0 bridgehead atoms. The van der Waals surface area contributed by atoms with Crippen LogP contribution >= 0.6 is 15.9 Å². The van der Waals surface area contributed by atoms with Gasteiger partial charge in [0.2, 0.25) is 0 Å². The second kappa shape index (κ2) is 2.90. The molecule has 1 heterocycles. The fourth-order valence-electron chi connectivity index (χ4n) is 1.23. The van der Waals surface area contributed by atoms with Gasteiger partial charge in [0.1, 0.15) is 12.4 Å². The Kier molecular flexibility index (Phi) is 1.89. The average molecular weight is 227 g/mol. The van der Waals surface area contributed by atoms with Gasteiger partial charge >= 0.3 is 0 Å². The van der Waals surface area contributed by atoms with E-state index in [-0.39, 0.29) is 12.4 Å². The molecule has 2 nitrogen and oxygen atoms in total. The smallest absolute Gasteiger partial charge is 0.174 e. The molecule has 1 aromatic rings. The van der Waals surface area contributed by atoms with E-state index in [0.29, 0.717) is 6.42 Å². The van der Waals surface area contributed by atoms with Crippen LogP contribution in [-0.4, -0.2) is 12.4 Å². The predicted octanol–water partition coefficient (Wildman–Crippen LogP) is 1.95. The van der Waals surface area contributed by atoms with Crippen molar-refractivity contribution in [3.63, 3.8) is 0 Å². The summed E-state index contributed by atoms with van der Waals surface area (Å²) in [5.74, 6) is 0.966. The molecule has 1 aromatic carbocycles. The van der Waals surface area contributed by atoms with Crippen LogP contribution in [-0.2, 0) is 11.2 Å². The lowest BCUT2D eigenvalue weighted by Gasteiger charge is -2.15. The quantitative estimate of drug-likeness (QED) is 0.677. The fraction of sp³-hybridized carbons (Fsp3) is 0.222. The molecule has 0 N–H and O–H groups in total. The van der Waals surface area contributed by atoms with E-state index in [0.717, 1.165) is 15.8 Å². The Bertz CT molecular complexity index is 333. The van der Waals surface area contributed by atoms with Crippen molar-refractivity contribution >= 4 is 21.7 Å². The number of hydrogen-bond acceptors (Lipinski definition) is 2. The molecule has 0 aromatic heterocycles. The Balaban J connectivity index is 2.43. The number of ketones is 1. The second-order valence-electron chi connectivity index (χ2n) is 2.76. The Labute approximate surface area is 78.7 Å². The Hall–Kier alpha value is -0.830. The SMILES string of the molecule is O=C1COc2cc(Br)ccc2C1. The minimum atomic E-state index is 0.143. The normalized spacial score (nSPS) is 15.2. The molecule has 0 fully saturated rings. The first kappa shape index (κ1) is 7.80. The molecule has 1 aliphatic rings. The van der Waals surface area contributed by atoms with E-state index in [1.165, 1.54) is 0 Å². The topological polar surface area (TPSA) is 26.3 Å². The number of ether oxygens (including phenoxy) is 1. The zero-order valence-corrected chi connectivity index (χ0v) is 7.93. The molecule has 0 saturated carbocycles. The number of halogens is 1. The van der Waals surface area contributed by atoms with Crippen molar-refractivity contribution in [1.82, 2.24) is 0 Å².